The number of hydrogen-bond acceptors (Lipinski definition) is 5. The number of rotatable bonds is 6. The van der Waals surface area contributed by atoms with Crippen LogP contribution in [0.5, 0.6) is 5.75 Å². The van der Waals surface area contributed by atoms with Crippen molar-refractivity contribution in [3.05, 3.63) is 46.5 Å². The summed E-state index contributed by atoms with van der Waals surface area (Å²) in [4.78, 5) is 14.2. The number of ether oxygens (including phenoxy) is 1. The molecule has 0 spiro atoms. The van der Waals surface area contributed by atoms with Crippen LogP contribution in [0.3, 0.4) is 0 Å². The fraction of sp³-hybridized carbons (Fsp3) is 0.500. The molecule has 7 nitrogen and oxygen atoms in total. The lowest BCUT2D eigenvalue weighted by Gasteiger charge is -2.23. The summed E-state index contributed by atoms with van der Waals surface area (Å²) in [6, 6.07) is 9.48. The first-order valence-corrected chi connectivity index (χ1v) is 9.74. The van der Waals surface area contributed by atoms with Gasteiger partial charge in [0.05, 0.1) is 12.6 Å². The molecule has 4 rings (SSSR count). The number of H-pyrrole nitrogens is 1. The fourth-order valence-electron chi connectivity index (χ4n) is 3.82. The molecule has 1 N–H and O–H groups in total. The Morgan fingerprint density at radius 1 is 1.22 bits per heavy atom. The van der Waals surface area contributed by atoms with Gasteiger partial charge < -0.3 is 9.72 Å². The Balaban J connectivity index is 1.37. The Bertz CT molecular complexity index is 958. The van der Waals surface area contributed by atoms with Crippen molar-refractivity contribution in [2.24, 2.45) is 0 Å². The molecule has 1 unspecified atom stereocenters. The van der Waals surface area contributed by atoms with Crippen LogP contribution in [-0.4, -0.2) is 31.8 Å². The zero-order chi connectivity index (χ0) is 18.6. The highest BCUT2D eigenvalue weighted by atomic mass is 16.5. The maximum absolute atomic E-state index is 11.4. The van der Waals surface area contributed by atoms with E-state index in [-0.39, 0.29) is 11.5 Å². The Hall–Kier alpha value is -2.70. The number of nitrogens with one attached hydrogen (secondary N) is 1. The van der Waals surface area contributed by atoms with E-state index in [4.69, 9.17) is 4.74 Å². The number of hydrogen-bond donors (Lipinski definition) is 1. The maximum Gasteiger partial charge on any atom is 0.248 e. The summed E-state index contributed by atoms with van der Waals surface area (Å²) in [6.07, 6.45) is 7.01. The highest BCUT2D eigenvalue weighted by Gasteiger charge is 2.22. The summed E-state index contributed by atoms with van der Waals surface area (Å²) >= 11 is 0. The van der Waals surface area contributed by atoms with Crippen LogP contribution in [0.25, 0.3) is 10.9 Å². The summed E-state index contributed by atoms with van der Waals surface area (Å²) in [5.41, 5.74) is 0.718. The van der Waals surface area contributed by atoms with Gasteiger partial charge in [-0.25, -0.2) is 4.68 Å². The zero-order valence-electron chi connectivity index (χ0n) is 15.6. The van der Waals surface area contributed by atoms with Crippen molar-refractivity contribution in [1.29, 1.82) is 0 Å². The van der Waals surface area contributed by atoms with Crippen molar-refractivity contribution in [2.45, 2.75) is 57.4 Å². The van der Waals surface area contributed by atoms with Crippen LogP contribution in [0.1, 0.15) is 63.2 Å². The molecule has 3 aromatic rings. The van der Waals surface area contributed by atoms with Gasteiger partial charge in [0, 0.05) is 22.9 Å². The molecule has 1 fully saturated rings. The average molecular weight is 367 g/mol. The number of benzene rings is 1. The number of aromatic amines is 1. The topological polar surface area (TPSA) is 85.7 Å². The van der Waals surface area contributed by atoms with Gasteiger partial charge in [0.2, 0.25) is 5.56 Å². The lowest BCUT2D eigenvalue weighted by atomic mass is 9.95. The predicted octanol–water partition coefficient (Wildman–Crippen LogP) is 3.59. The van der Waals surface area contributed by atoms with Crippen LogP contribution in [0, 0.1) is 0 Å². The molecule has 2 aromatic heterocycles. The largest absolute Gasteiger partial charge is 0.494 e. The number of aromatic nitrogens is 5. The van der Waals surface area contributed by atoms with Crippen LogP contribution < -0.4 is 10.3 Å². The van der Waals surface area contributed by atoms with Gasteiger partial charge in [0.1, 0.15) is 5.75 Å². The summed E-state index contributed by atoms with van der Waals surface area (Å²) < 4.78 is 7.97. The number of fused-ring (bicyclic) bond motifs is 1. The Morgan fingerprint density at radius 3 is 2.93 bits per heavy atom. The first kappa shape index (κ1) is 17.7. The molecule has 0 aliphatic heterocycles. The van der Waals surface area contributed by atoms with Gasteiger partial charge >= 0.3 is 0 Å². The molecule has 0 bridgehead atoms. The predicted molar refractivity (Wildman–Crippen MR) is 103 cm³/mol. The molecule has 1 aliphatic carbocycles. The van der Waals surface area contributed by atoms with Crippen molar-refractivity contribution in [2.75, 3.05) is 6.61 Å². The minimum atomic E-state index is -0.0966. The molecule has 1 atom stereocenters. The van der Waals surface area contributed by atoms with E-state index in [0.29, 0.717) is 12.6 Å². The number of pyridine rings is 1. The summed E-state index contributed by atoms with van der Waals surface area (Å²) in [5, 5.41) is 13.4. The Morgan fingerprint density at radius 2 is 2.07 bits per heavy atom. The van der Waals surface area contributed by atoms with Crippen LogP contribution in [0.15, 0.2) is 35.1 Å². The lowest BCUT2D eigenvalue weighted by molar-refractivity contribution is 0.285. The third-order valence-corrected chi connectivity index (χ3v) is 5.39. The van der Waals surface area contributed by atoms with E-state index in [2.05, 4.69) is 27.4 Å². The summed E-state index contributed by atoms with van der Waals surface area (Å²) in [6.45, 7) is 2.74. The standard InChI is InChI=1S/C20H25N5O2/c1-14(20-22-23-24-25(20)16-5-3-2-4-6-16)11-12-27-17-8-9-18-15(13-17)7-10-19(26)21-18/h7-10,13-14,16H,2-6,11-12H2,1H3,(H,21,26). The quantitative estimate of drug-likeness (QED) is 0.719. The second-order valence-corrected chi connectivity index (χ2v) is 7.38. The Labute approximate surface area is 157 Å². The second-order valence-electron chi connectivity index (χ2n) is 7.38. The van der Waals surface area contributed by atoms with Gasteiger partial charge in [-0.05, 0) is 54.0 Å². The SMILES string of the molecule is CC(CCOc1ccc2[nH]c(=O)ccc2c1)c1nnnn1C1CCCCC1. The second kappa shape index (κ2) is 7.90. The molecule has 27 heavy (non-hydrogen) atoms. The van der Waals surface area contributed by atoms with Crippen molar-refractivity contribution in [3.63, 3.8) is 0 Å². The van der Waals surface area contributed by atoms with Gasteiger partial charge in [-0.3, -0.25) is 4.79 Å². The van der Waals surface area contributed by atoms with Gasteiger partial charge in [-0.2, -0.15) is 0 Å². The van der Waals surface area contributed by atoms with Crippen LogP contribution >= 0.6 is 0 Å². The van der Waals surface area contributed by atoms with E-state index in [0.717, 1.165) is 28.9 Å². The molecule has 2 heterocycles. The lowest BCUT2D eigenvalue weighted by Crippen LogP contribution is -2.19. The van der Waals surface area contributed by atoms with E-state index < -0.39 is 0 Å². The minimum Gasteiger partial charge on any atom is -0.494 e. The molecule has 1 aromatic carbocycles. The smallest absolute Gasteiger partial charge is 0.248 e. The normalized spacial score (nSPS) is 16.5. The first-order chi connectivity index (χ1) is 13.2. The fourth-order valence-corrected chi connectivity index (χ4v) is 3.82. The van der Waals surface area contributed by atoms with Crippen LogP contribution in [0.2, 0.25) is 0 Å². The van der Waals surface area contributed by atoms with Crippen LogP contribution in [0.4, 0.5) is 0 Å². The maximum atomic E-state index is 11.4. The molecule has 0 radical (unpaired) electrons. The molecular formula is C20H25N5O2. The molecule has 0 saturated heterocycles. The average Bonchev–Trinajstić information content (AvgIpc) is 3.19. The molecule has 7 heteroatoms. The van der Waals surface area contributed by atoms with Crippen molar-refractivity contribution < 1.29 is 4.74 Å². The van der Waals surface area contributed by atoms with E-state index in [1.54, 1.807) is 0 Å². The molecule has 1 saturated carbocycles. The third kappa shape index (κ3) is 4.02. The number of tetrazole rings is 1. The van der Waals surface area contributed by atoms with E-state index >= 15 is 0 Å². The van der Waals surface area contributed by atoms with E-state index in [9.17, 15) is 4.79 Å². The Kier molecular flexibility index (Phi) is 5.18. The van der Waals surface area contributed by atoms with Crippen LogP contribution in [-0.2, 0) is 0 Å². The highest BCUT2D eigenvalue weighted by molar-refractivity contribution is 5.79. The molecular weight excluding hydrogens is 342 g/mol. The molecule has 142 valence electrons. The van der Waals surface area contributed by atoms with Gasteiger partial charge in [-0.1, -0.05) is 26.2 Å². The van der Waals surface area contributed by atoms with Gasteiger partial charge in [0.25, 0.3) is 0 Å². The summed E-state index contributed by atoms with van der Waals surface area (Å²) in [5.74, 6) is 1.99. The highest BCUT2D eigenvalue weighted by Crippen LogP contribution is 2.30. The minimum absolute atomic E-state index is 0.0966. The first-order valence-electron chi connectivity index (χ1n) is 9.74. The van der Waals surface area contributed by atoms with Crippen molar-refractivity contribution >= 4 is 10.9 Å². The molecule has 1 aliphatic rings. The van der Waals surface area contributed by atoms with Gasteiger partial charge in [-0.15, -0.1) is 5.10 Å². The zero-order valence-corrected chi connectivity index (χ0v) is 15.6. The monoisotopic (exact) mass is 367 g/mol. The van der Waals surface area contributed by atoms with Gasteiger partial charge in [0.15, 0.2) is 5.82 Å². The van der Waals surface area contributed by atoms with E-state index in [1.165, 1.54) is 38.2 Å². The van der Waals surface area contributed by atoms with Crippen molar-refractivity contribution in [1.82, 2.24) is 25.2 Å². The third-order valence-electron chi connectivity index (χ3n) is 5.39. The molecule has 0 amide bonds. The van der Waals surface area contributed by atoms with Crippen molar-refractivity contribution in [3.8, 4) is 5.75 Å². The summed E-state index contributed by atoms with van der Waals surface area (Å²) in [7, 11) is 0. The van der Waals surface area contributed by atoms with E-state index in [1.807, 2.05) is 28.9 Å². The number of nitrogens with zero attached hydrogens (tertiary/aromatic N) is 4.